The van der Waals surface area contributed by atoms with E-state index in [-0.39, 0.29) is 5.97 Å². The molecule has 0 unspecified atom stereocenters. The van der Waals surface area contributed by atoms with Gasteiger partial charge in [-0.2, -0.15) is 5.10 Å². The summed E-state index contributed by atoms with van der Waals surface area (Å²) in [5.41, 5.74) is 2.94. The molecule has 0 bridgehead atoms. The number of nitrogens with zero attached hydrogens (tertiary/aromatic N) is 2. The Kier molecular flexibility index (Phi) is 6.69. The van der Waals surface area contributed by atoms with Crippen molar-refractivity contribution >= 4 is 29.2 Å². The van der Waals surface area contributed by atoms with E-state index in [0.29, 0.717) is 42.0 Å². The van der Waals surface area contributed by atoms with Gasteiger partial charge in [-0.15, -0.1) is 0 Å². The molecule has 2 rings (SSSR count). The normalized spacial score (nSPS) is 11.1. The fourth-order valence-electron chi connectivity index (χ4n) is 2.37. The number of ether oxygens (including phenoxy) is 1. The van der Waals surface area contributed by atoms with Crippen LogP contribution in [0, 0.1) is 0 Å². The van der Waals surface area contributed by atoms with Crippen LogP contribution in [-0.4, -0.2) is 22.4 Å². The molecule has 2 aromatic rings. The third-order valence-electron chi connectivity index (χ3n) is 3.70. The van der Waals surface area contributed by atoms with Crippen LogP contribution in [0.3, 0.4) is 0 Å². The van der Waals surface area contributed by atoms with Crippen molar-refractivity contribution in [1.82, 2.24) is 9.78 Å². The van der Waals surface area contributed by atoms with Crippen LogP contribution in [0.1, 0.15) is 50.1 Å². The lowest BCUT2D eigenvalue weighted by Gasteiger charge is -2.09. The van der Waals surface area contributed by atoms with Crippen LogP contribution >= 0.6 is 23.2 Å². The van der Waals surface area contributed by atoms with Crippen molar-refractivity contribution in [2.75, 3.05) is 6.61 Å². The number of hydrogen-bond donors (Lipinski definition) is 0. The Balaban J connectivity index is 2.21. The highest BCUT2D eigenvalue weighted by Crippen LogP contribution is 2.23. The van der Waals surface area contributed by atoms with Crippen LogP contribution in [0.15, 0.2) is 24.3 Å². The molecule has 0 saturated heterocycles. The van der Waals surface area contributed by atoms with Crippen LogP contribution in [0.25, 0.3) is 0 Å². The monoisotopic (exact) mass is 368 g/mol. The summed E-state index contributed by atoms with van der Waals surface area (Å²) in [6.07, 6.45) is 0.926. The maximum Gasteiger partial charge on any atom is 0.306 e. The van der Waals surface area contributed by atoms with Crippen molar-refractivity contribution in [2.24, 2.45) is 0 Å². The predicted octanol–water partition coefficient (Wildman–Crippen LogP) is 4.86. The van der Waals surface area contributed by atoms with Crippen molar-refractivity contribution in [1.29, 1.82) is 0 Å². The van der Waals surface area contributed by atoms with E-state index in [9.17, 15) is 4.79 Å². The lowest BCUT2D eigenvalue weighted by molar-refractivity contribution is -0.143. The second-order valence-corrected chi connectivity index (χ2v) is 6.76. The molecule has 0 amide bonds. The van der Waals surface area contributed by atoms with Crippen molar-refractivity contribution in [3.8, 4) is 0 Å². The maximum absolute atomic E-state index is 11.6. The highest BCUT2D eigenvalue weighted by molar-refractivity contribution is 6.35. The van der Waals surface area contributed by atoms with Crippen molar-refractivity contribution in [3.05, 3.63) is 51.3 Å². The highest BCUT2D eigenvalue weighted by Gasteiger charge is 2.14. The Labute approximate surface area is 152 Å². The number of hydrogen-bond acceptors (Lipinski definition) is 3. The van der Waals surface area contributed by atoms with E-state index in [1.54, 1.807) is 6.07 Å². The number of benzene rings is 1. The summed E-state index contributed by atoms with van der Waals surface area (Å²) in [4.78, 5) is 11.6. The summed E-state index contributed by atoms with van der Waals surface area (Å²) in [7, 11) is 0. The van der Waals surface area contributed by atoms with E-state index in [1.807, 2.05) is 29.8 Å². The molecule has 0 N–H and O–H groups in total. The summed E-state index contributed by atoms with van der Waals surface area (Å²) in [5.74, 6) is 0.120. The first-order valence-electron chi connectivity index (χ1n) is 8.06. The van der Waals surface area contributed by atoms with Gasteiger partial charge in [0.15, 0.2) is 0 Å². The quantitative estimate of drug-likeness (QED) is 0.655. The average Bonchev–Trinajstić information content (AvgIpc) is 2.92. The molecule has 0 fully saturated rings. The number of rotatable bonds is 7. The maximum atomic E-state index is 11.6. The van der Waals surface area contributed by atoms with Crippen molar-refractivity contribution in [3.63, 3.8) is 0 Å². The van der Waals surface area contributed by atoms with Crippen LogP contribution in [0.4, 0.5) is 0 Å². The van der Waals surface area contributed by atoms with E-state index in [0.717, 1.165) is 17.0 Å². The topological polar surface area (TPSA) is 44.1 Å². The Hall–Kier alpha value is -1.52. The lowest BCUT2D eigenvalue weighted by atomic mass is 10.1. The summed E-state index contributed by atoms with van der Waals surface area (Å²) in [6.45, 7) is 6.94. The number of aromatic nitrogens is 2. The molecule has 130 valence electrons. The predicted molar refractivity (Wildman–Crippen MR) is 96.8 cm³/mol. The molecule has 0 radical (unpaired) electrons. The zero-order chi connectivity index (χ0) is 17.7. The smallest absolute Gasteiger partial charge is 0.306 e. The Morgan fingerprint density at radius 2 is 2.04 bits per heavy atom. The summed E-state index contributed by atoms with van der Waals surface area (Å²) < 4.78 is 6.91. The third-order valence-corrected chi connectivity index (χ3v) is 4.29. The first-order valence-corrected chi connectivity index (χ1v) is 8.82. The first-order chi connectivity index (χ1) is 11.4. The van der Waals surface area contributed by atoms with Gasteiger partial charge < -0.3 is 4.74 Å². The van der Waals surface area contributed by atoms with Gasteiger partial charge in [-0.25, -0.2) is 0 Å². The molecular formula is C18H22Cl2N2O2. The number of halogens is 2. The van der Waals surface area contributed by atoms with E-state index in [2.05, 4.69) is 18.9 Å². The van der Waals surface area contributed by atoms with Gasteiger partial charge in [-0.3, -0.25) is 9.48 Å². The summed E-state index contributed by atoms with van der Waals surface area (Å²) in [6, 6.07) is 7.49. The summed E-state index contributed by atoms with van der Waals surface area (Å²) >= 11 is 12.2. The minimum Gasteiger partial charge on any atom is -0.466 e. The Morgan fingerprint density at radius 1 is 1.29 bits per heavy atom. The molecule has 24 heavy (non-hydrogen) atoms. The van der Waals surface area contributed by atoms with E-state index >= 15 is 0 Å². The molecule has 4 nitrogen and oxygen atoms in total. The SMILES string of the molecule is CCOC(=O)CCc1cc(C(C)C)nn1Cc1ccc(Cl)cc1Cl. The van der Waals surface area contributed by atoms with Gasteiger partial charge in [0.25, 0.3) is 0 Å². The fourth-order valence-corrected chi connectivity index (χ4v) is 2.84. The Morgan fingerprint density at radius 3 is 2.67 bits per heavy atom. The van der Waals surface area contributed by atoms with Crippen LogP contribution in [0.2, 0.25) is 10.0 Å². The van der Waals surface area contributed by atoms with Gasteiger partial charge in [0, 0.05) is 15.7 Å². The van der Waals surface area contributed by atoms with Gasteiger partial charge >= 0.3 is 5.97 Å². The van der Waals surface area contributed by atoms with Gasteiger partial charge in [0.1, 0.15) is 0 Å². The van der Waals surface area contributed by atoms with E-state index in [1.165, 1.54) is 0 Å². The zero-order valence-electron chi connectivity index (χ0n) is 14.2. The molecule has 0 atom stereocenters. The molecule has 0 aliphatic rings. The lowest BCUT2D eigenvalue weighted by Crippen LogP contribution is -2.10. The molecule has 1 heterocycles. The van der Waals surface area contributed by atoms with Gasteiger partial charge in [0.05, 0.1) is 25.3 Å². The van der Waals surface area contributed by atoms with Gasteiger partial charge in [-0.1, -0.05) is 43.1 Å². The molecule has 0 aliphatic carbocycles. The molecule has 6 heteroatoms. The molecule has 0 aliphatic heterocycles. The van der Waals surface area contributed by atoms with Crippen LogP contribution < -0.4 is 0 Å². The number of carbonyl (C=O) groups is 1. The van der Waals surface area contributed by atoms with Crippen LogP contribution in [0.5, 0.6) is 0 Å². The van der Waals surface area contributed by atoms with Gasteiger partial charge in [0.2, 0.25) is 0 Å². The summed E-state index contributed by atoms with van der Waals surface area (Å²) in [5, 5.41) is 5.88. The second-order valence-electron chi connectivity index (χ2n) is 5.91. The molecule has 1 aromatic carbocycles. The largest absolute Gasteiger partial charge is 0.466 e. The number of aryl methyl sites for hydroxylation is 1. The Bertz CT molecular complexity index is 711. The highest BCUT2D eigenvalue weighted by atomic mass is 35.5. The van der Waals surface area contributed by atoms with Gasteiger partial charge in [-0.05, 0) is 43.0 Å². The average molecular weight is 369 g/mol. The van der Waals surface area contributed by atoms with E-state index in [4.69, 9.17) is 27.9 Å². The van der Waals surface area contributed by atoms with Crippen LogP contribution in [-0.2, 0) is 22.5 Å². The van der Waals surface area contributed by atoms with Crippen molar-refractivity contribution < 1.29 is 9.53 Å². The molecule has 1 aromatic heterocycles. The van der Waals surface area contributed by atoms with E-state index < -0.39 is 0 Å². The second kappa shape index (κ2) is 8.54. The third kappa shape index (κ3) is 4.99. The fraction of sp³-hybridized carbons (Fsp3) is 0.444. The molecule has 0 saturated carbocycles. The number of esters is 1. The minimum atomic E-state index is -0.194. The van der Waals surface area contributed by atoms with Crippen molar-refractivity contribution in [2.45, 2.75) is 46.1 Å². The standard InChI is InChI=1S/C18H22Cl2N2O2/c1-4-24-18(23)8-7-15-10-17(12(2)3)21-22(15)11-13-5-6-14(19)9-16(13)20/h5-6,9-10,12H,4,7-8,11H2,1-3H3. The first kappa shape index (κ1) is 18.8. The molecule has 0 spiro atoms. The minimum absolute atomic E-state index is 0.194. The molecular weight excluding hydrogens is 347 g/mol. The zero-order valence-corrected chi connectivity index (χ0v) is 15.7. The number of carbonyl (C=O) groups excluding carboxylic acids is 1.